The normalized spacial score (nSPS) is 20.0. The molecule has 0 saturated carbocycles. The van der Waals surface area contributed by atoms with Crippen LogP contribution in [0.1, 0.15) is 29.7 Å². The van der Waals surface area contributed by atoms with Crippen molar-refractivity contribution < 1.29 is 4.74 Å². The summed E-state index contributed by atoms with van der Waals surface area (Å²) in [7, 11) is 2.13. The second-order valence-electron chi connectivity index (χ2n) is 7.46. The Kier molecular flexibility index (Phi) is 5.10. The van der Waals surface area contributed by atoms with Crippen LogP contribution >= 0.6 is 11.6 Å². The Hall–Kier alpha value is -2.05. The lowest BCUT2D eigenvalue weighted by Gasteiger charge is -2.31. The van der Waals surface area contributed by atoms with Crippen molar-refractivity contribution >= 4 is 23.1 Å². The summed E-state index contributed by atoms with van der Waals surface area (Å²) in [5.41, 5.74) is 10.4. The van der Waals surface area contributed by atoms with Gasteiger partial charge in [0.2, 0.25) is 0 Å². The number of nitrogen functional groups attached to an aromatic ring is 1. The summed E-state index contributed by atoms with van der Waals surface area (Å²) < 4.78 is 5.91. The van der Waals surface area contributed by atoms with E-state index in [2.05, 4.69) is 32.9 Å². The van der Waals surface area contributed by atoms with E-state index in [1.807, 2.05) is 19.1 Å². The standard InChI is InChI=1S/C20H26ClN5O/c1-13-16(21)6-3-7-18(13)26-10-8-15-17(11-26)23-20(24-19(15)22)27-12-14-5-4-9-25(14)2/h3,6-7,14H,4-5,8-12H2,1-2H3,(H2,22,23,24)/t14-/m0/s1. The van der Waals surface area contributed by atoms with Crippen LogP contribution in [-0.4, -0.2) is 47.7 Å². The van der Waals surface area contributed by atoms with Crippen LogP contribution in [-0.2, 0) is 13.0 Å². The van der Waals surface area contributed by atoms with E-state index in [9.17, 15) is 0 Å². The topological polar surface area (TPSA) is 67.5 Å². The summed E-state index contributed by atoms with van der Waals surface area (Å²) in [5.74, 6) is 0.539. The third-order valence-electron chi connectivity index (χ3n) is 5.73. The molecule has 27 heavy (non-hydrogen) atoms. The van der Waals surface area contributed by atoms with Gasteiger partial charge in [-0.3, -0.25) is 0 Å². The maximum atomic E-state index is 6.30. The molecule has 1 fully saturated rings. The Morgan fingerprint density at radius 1 is 1.30 bits per heavy atom. The average Bonchev–Trinajstić information content (AvgIpc) is 3.07. The molecule has 0 unspecified atom stereocenters. The number of nitrogens with zero attached hydrogens (tertiary/aromatic N) is 4. The summed E-state index contributed by atoms with van der Waals surface area (Å²) in [6, 6.07) is 6.82. The molecule has 3 heterocycles. The number of likely N-dealkylation sites (N-methyl/N-ethyl adjacent to an activating group) is 1. The van der Waals surface area contributed by atoms with Gasteiger partial charge in [-0.2, -0.15) is 9.97 Å². The van der Waals surface area contributed by atoms with Crippen LogP contribution in [0.15, 0.2) is 18.2 Å². The largest absolute Gasteiger partial charge is 0.462 e. The predicted octanol–water partition coefficient (Wildman–Crippen LogP) is 3.06. The van der Waals surface area contributed by atoms with Crippen LogP contribution in [0.4, 0.5) is 11.5 Å². The summed E-state index contributed by atoms with van der Waals surface area (Å²) in [5, 5.41) is 0.783. The molecule has 1 saturated heterocycles. The van der Waals surface area contributed by atoms with E-state index in [0.717, 1.165) is 53.5 Å². The lowest BCUT2D eigenvalue weighted by atomic mass is 10.0. The first-order valence-electron chi connectivity index (χ1n) is 9.51. The van der Waals surface area contributed by atoms with Crippen molar-refractivity contribution in [2.24, 2.45) is 0 Å². The Bertz CT molecular complexity index is 843. The lowest BCUT2D eigenvalue weighted by molar-refractivity contribution is 0.187. The number of rotatable bonds is 4. The van der Waals surface area contributed by atoms with Crippen molar-refractivity contribution in [3.8, 4) is 6.01 Å². The van der Waals surface area contributed by atoms with Gasteiger partial charge in [0.25, 0.3) is 0 Å². The number of anilines is 2. The predicted molar refractivity (Wildman–Crippen MR) is 109 cm³/mol. The fraction of sp³-hybridized carbons (Fsp3) is 0.500. The van der Waals surface area contributed by atoms with Gasteiger partial charge in [0.15, 0.2) is 0 Å². The Morgan fingerprint density at radius 2 is 2.15 bits per heavy atom. The zero-order chi connectivity index (χ0) is 19.0. The molecule has 1 aromatic heterocycles. The number of likely N-dealkylation sites (tertiary alicyclic amines) is 1. The van der Waals surface area contributed by atoms with Crippen molar-refractivity contribution in [1.29, 1.82) is 0 Å². The van der Waals surface area contributed by atoms with E-state index >= 15 is 0 Å². The van der Waals surface area contributed by atoms with Gasteiger partial charge in [-0.15, -0.1) is 0 Å². The molecule has 0 aliphatic carbocycles. The molecule has 1 atom stereocenters. The van der Waals surface area contributed by atoms with E-state index in [1.54, 1.807) is 0 Å². The summed E-state index contributed by atoms with van der Waals surface area (Å²) in [6.07, 6.45) is 3.18. The van der Waals surface area contributed by atoms with Gasteiger partial charge in [-0.05, 0) is 57.5 Å². The van der Waals surface area contributed by atoms with Gasteiger partial charge in [-0.25, -0.2) is 0 Å². The van der Waals surface area contributed by atoms with Crippen LogP contribution in [0, 0.1) is 6.92 Å². The third-order valence-corrected chi connectivity index (χ3v) is 6.14. The van der Waals surface area contributed by atoms with E-state index in [0.29, 0.717) is 31.0 Å². The molecule has 0 bridgehead atoms. The first kappa shape index (κ1) is 18.3. The Morgan fingerprint density at radius 3 is 2.93 bits per heavy atom. The molecule has 7 heteroatoms. The van der Waals surface area contributed by atoms with Gasteiger partial charge in [0.05, 0.1) is 12.2 Å². The molecule has 2 aromatic rings. The molecule has 0 amide bonds. The van der Waals surface area contributed by atoms with Crippen molar-refractivity contribution in [3.05, 3.63) is 40.0 Å². The molecule has 2 N–H and O–H groups in total. The van der Waals surface area contributed by atoms with Gasteiger partial charge in [-0.1, -0.05) is 17.7 Å². The second kappa shape index (κ2) is 7.52. The van der Waals surface area contributed by atoms with E-state index < -0.39 is 0 Å². The molecule has 2 aliphatic rings. The van der Waals surface area contributed by atoms with Gasteiger partial charge < -0.3 is 20.3 Å². The van der Waals surface area contributed by atoms with Crippen LogP contribution in [0.2, 0.25) is 5.02 Å². The molecule has 0 radical (unpaired) electrons. The molecule has 0 spiro atoms. The first-order chi connectivity index (χ1) is 13.0. The SMILES string of the molecule is Cc1c(Cl)cccc1N1CCc2c(N)nc(OC[C@@H]3CCCN3C)nc2C1. The zero-order valence-electron chi connectivity index (χ0n) is 15.9. The van der Waals surface area contributed by atoms with Crippen molar-refractivity contribution in [3.63, 3.8) is 0 Å². The number of benzene rings is 1. The number of halogens is 1. The van der Waals surface area contributed by atoms with Crippen LogP contribution in [0.5, 0.6) is 6.01 Å². The van der Waals surface area contributed by atoms with Crippen molar-refractivity contribution in [2.75, 3.05) is 37.4 Å². The number of hydrogen-bond donors (Lipinski definition) is 1. The molecule has 1 aromatic carbocycles. The monoisotopic (exact) mass is 387 g/mol. The Balaban J connectivity index is 1.53. The molecule has 144 valence electrons. The number of aromatic nitrogens is 2. The van der Waals surface area contributed by atoms with E-state index in [4.69, 9.17) is 22.1 Å². The highest BCUT2D eigenvalue weighted by atomic mass is 35.5. The van der Waals surface area contributed by atoms with Gasteiger partial charge in [0, 0.05) is 28.9 Å². The van der Waals surface area contributed by atoms with Crippen molar-refractivity contribution in [2.45, 2.75) is 38.8 Å². The Labute approximate surface area is 165 Å². The molecular formula is C20H26ClN5O. The quantitative estimate of drug-likeness (QED) is 0.869. The molecule has 6 nitrogen and oxygen atoms in total. The summed E-state index contributed by atoms with van der Waals surface area (Å²) in [6.45, 7) is 5.33. The van der Waals surface area contributed by atoms with E-state index in [1.165, 1.54) is 6.42 Å². The smallest absolute Gasteiger partial charge is 0.318 e. The number of hydrogen-bond acceptors (Lipinski definition) is 6. The molecular weight excluding hydrogens is 362 g/mol. The number of ether oxygens (including phenoxy) is 1. The maximum absolute atomic E-state index is 6.30. The number of nitrogens with two attached hydrogens (primary N) is 1. The minimum atomic E-state index is 0.385. The van der Waals surface area contributed by atoms with Crippen LogP contribution < -0.4 is 15.4 Å². The summed E-state index contributed by atoms with van der Waals surface area (Å²) in [4.78, 5) is 13.7. The minimum absolute atomic E-state index is 0.385. The maximum Gasteiger partial charge on any atom is 0.318 e. The second-order valence-corrected chi connectivity index (χ2v) is 7.87. The van der Waals surface area contributed by atoms with Crippen LogP contribution in [0.25, 0.3) is 0 Å². The fourth-order valence-corrected chi connectivity index (χ4v) is 4.18. The average molecular weight is 388 g/mol. The zero-order valence-corrected chi connectivity index (χ0v) is 16.7. The minimum Gasteiger partial charge on any atom is -0.462 e. The van der Waals surface area contributed by atoms with E-state index in [-0.39, 0.29) is 0 Å². The molecule has 4 rings (SSSR count). The summed E-state index contributed by atoms with van der Waals surface area (Å²) >= 11 is 6.30. The number of fused-ring (bicyclic) bond motifs is 1. The van der Waals surface area contributed by atoms with Crippen LogP contribution in [0.3, 0.4) is 0 Å². The highest BCUT2D eigenvalue weighted by Gasteiger charge is 2.25. The lowest BCUT2D eigenvalue weighted by Crippen LogP contribution is -2.33. The van der Waals surface area contributed by atoms with Crippen molar-refractivity contribution in [1.82, 2.24) is 14.9 Å². The third kappa shape index (κ3) is 3.69. The highest BCUT2D eigenvalue weighted by Crippen LogP contribution is 2.32. The van der Waals surface area contributed by atoms with Gasteiger partial charge >= 0.3 is 6.01 Å². The highest BCUT2D eigenvalue weighted by molar-refractivity contribution is 6.31. The van der Waals surface area contributed by atoms with Gasteiger partial charge in [0.1, 0.15) is 12.4 Å². The fourth-order valence-electron chi connectivity index (χ4n) is 4.01. The molecule has 2 aliphatic heterocycles. The first-order valence-corrected chi connectivity index (χ1v) is 9.89.